The van der Waals surface area contributed by atoms with Gasteiger partial charge >= 0.3 is 0 Å². The minimum atomic E-state index is -0.177. The van der Waals surface area contributed by atoms with Crippen LogP contribution in [0.1, 0.15) is 5.76 Å². The molecule has 1 heterocycles. The van der Waals surface area contributed by atoms with Gasteiger partial charge in [-0.25, -0.2) is 0 Å². The third-order valence-electron chi connectivity index (χ3n) is 2.04. The van der Waals surface area contributed by atoms with Gasteiger partial charge in [-0.1, -0.05) is 34.5 Å². The summed E-state index contributed by atoms with van der Waals surface area (Å²) >= 11 is 0. The van der Waals surface area contributed by atoms with Crippen molar-refractivity contribution in [3.05, 3.63) is 46.5 Å². The lowest BCUT2D eigenvalue weighted by molar-refractivity contribution is 0.229. The van der Waals surface area contributed by atoms with Crippen molar-refractivity contribution in [2.24, 2.45) is 5.11 Å². The Balaban J connectivity index is 2.30. The second-order valence-corrected chi connectivity index (χ2v) is 3.07. The largest absolute Gasteiger partial charge is 0.388 e. The van der Waals surface area contributed by atoms with Crippen molar-refractivity contribution >= 4 is 5.69 Å². The van der Waals surface area contributed by atoms with Crippen molar-refractivity contribution < 1.29 is 9.63 Å². The number of aliphatic hydroxyl groups is 1. The first-order valence-electron chi connectivity index (χ1n) is 4.55. The molecule has 0 unspecified atom stereocenters. The number of azide groups is 1. The fourth-order valence-corrected chi connectivity index (χ4v) is 1.27. The normalized spacial score (nSPS) is 9.81. The Labute approximate surface area is 90.7 Å². The highest BCUT2D eigenvalue weighted by Crippen LogP contribution is 2.22. The molecule has 0 radical (unpaired) electrons. The maximum absolute atomic E-state index is 8.82. The molecule has 1 aromatic heterocycles. The molecule has 0 amide bonds. The van der Waals surface area contributed by atoms with Gasteiger partial charge in [-0.3, -0.25) is 0 Å². The zero-order valence-electron chi connectivity index (χ0n) is 8.24. The first-order valence-corrected chi connectivity index (χ1v) is 4.55. The molecule has 2 rings (SSSR count). The Hall–Kier alpha value is -2.30. The van der Waals surface area contributed by atoms with Gasteiger partial charge in [-0.15, -0.1) is 0 Å². The van der Waals surface area contributed by atoms with E-state index in [1.165, 1.54) is 0 Å². The fraction of sp³-hybridized carbons (Fsp3) is 0.100. The Bertz CT molecular complexity index is 526. The molecular formula is C10H8N4O2. The lowest BCUT2D eigenvalue weighted by Crippen LogP contribution is -1.76. The van der Waals surface area contributed by atoms with Crippen molar-refractivity contribution in [2.75, 3.05) is 0 Å². The van der Waals surface area contributed by atoms with E-state index in [2.05, 4.69) is 15.2 Å². The van der Waals surface area contributed by atoms with E-state index in [1.807, 2.05) is 0 Å². The van der Waals surface area contributed by atoms with E-state index >= 15 is 0 Å². The summed E-state index contributed by atoms with van der Waals surface area (Å²) in [6, 6.07) is 8.55. The van der Waals surface area contributed by atoms with E-state index in [0.29, 0.717) is 17.1 Å². The predicted molar refractivity (Wildman–Crippen MR) is 56.7 cm³/mol. The summed E-state index contributed by atoms with van der Waals surface area (Å²) < 4.78 is 4.86. The highest BCUT2D eigenvalue weighted by molar-refractivity contribution is 5.61. The minimum absolute atomic E-state index is 0.177. The monoisotopic (exact) mass is 216 g/mol. The van der Waals surface area contributed by atoms with Crippen LogP contribution in [0.5, 0.6) is 0 Å². The summed E-state index contributed by atoms with van der Waals surface area (Å²) in [4.78, 5) is 2.68. The molecular weight excluding hydrogens is 208 g/mol. The maximum atomic E-state index is 8.82. The average Bonchev–Trinajstić information content (AvgIpc) is 2.79. The van der Waals surface area contributed by atoms with Gasteiger partial charge in [0.2, 0.25) is 0 Å². The Morgan fingerprint density at radius 2 is 2.12 bits per heavy atom. The molecule has 16 heavy (non-hydrogen) atoms. The van der Waals surface area contributed by atoms with Gasteiger partial charge in [0.15, 0.2) is 5.76 Å². The minimum Gasteiger partial charge on any atom is -0.388 e. The van der Waals surface area contributed by atoms with Crippen molar-refractivity contribution in [2.45, 2.75) is 6.61 Å². The summed E-state index contributed by atoms with van der Waals surface area (Å²) in [6.45, 7) is -0.177. The van der Waals surface area contributed by atoms with Crippen LogP contribution in [-0.2, 0) is 6.61 Å². The predicted octanol–water partition coefficient (Wildman–Crippen LogP) is 2.78. The quantitative estimate of drug-likeness (QED) is 0.485. The lowest BCUT2D eigenvalue weighted by Gasteiger charge is -1.95. The van der Waals surface area contributed by atoms with Gasteiger partial charge in [0.1, 0.15) is 12.3 Å². The van der Waals surface area contributed by atoms with Crippen molar-refractivity contribution in [3.8, 4) is 11.3 Å². The fourth-order valence-electron chi connectivity index (χ4n) is 1.27. The highest BCUT2D eigenvalue weighted by Gasteiger charge is 2.04. The highest BCUT2D eigenvalue weighted by atomic mass is 16.5. The summed E-state index contributed by atoms with van der Waals surface area (Å²) in [5, 5.41) is 16.1. The van der Waals surface area contributed by atoms with E-state index < -0.39 is 0 Å². The zero-order valence-corrected chi connectivity index (χ0v) is 8.24. The third kappa shape index (κ3) is 2.03. The summed E-state index contributed by atoms with van der Waals surface area (Å²) in [5.74, 6) is 0.411. The number of rotatable bonds is 3. The molecule has 0 atom stereocenters. The van der Waals surface area contributed by atoms with Crippen LogP contribution in [0.3, 0.4) is 0 Å². The number of aromatic nitrogens is 1. The molecule has 2 aromatic rings. The molecule has 0 aliphatic heterocycles. The van der Waals surface area contributed by atoms with Crippen LogP contribution in [0.2, 0.25) is 0 Å². The maximum Gasteiger partial charge on any atom is 0.162 e. The van der Waals surface area contributed by atoms with Crippen LogP contribution in [0.4, 0.5) is 5.69 Å². The van der Waals surface area contributed by atoms with Crippen LogP contribution < -0.4 is 0 Å². The number of benzene rings is 1. The molecule has 1 aromatic carbocycles. The van der Waals surface area contributed by atoms with E-state index in [1.54, 1.807) is 30.3 Å². The number of nitrogens with zero attached hydrogens (tertiary/aromatic N) is 4. The van der Waals surface area contributed by atoms with Crippen LogP contribution in [0, 0.1) is 0 Å². The van der Waals surface area contributed by atoms with Gasteiger partial charge in [0.05, 0.1) is 0 Å². The number of hydrogen-bond donors (Lipinski definition) is 1. The SMILES string of the molecule is [N-]=[N+]=Nc1ccc(-c2cc(CO)on2)cc1. The smallest absolute Gasteiger partial charge is 0.162 e. The molecule has 0 aliphatic rings. The lowest BCUT2D eigenvalue weighted by atomic mass is 10.1. The van der Waals surface area contributed by atoms with Crippen molar-refractivity contribution in [1.82, 2.24) is 5.16 Å². The van der Waals surface area contributed by atoms with Gasteiger partial charge in [0.25, 0.3) is 0 Å². The average molecular weight is 216 g/mol. The van der Waals surface area contributed by atoms with Gasteiger partial charge < -0.3 is 9.63 Å². The summed E-state index contributed by atoms with van der Waals surface area (Å²) in [5.41, 5.74) is 10.3. The third-order valence-corrected chi connectivity index (χ3v) is 2.04. The molecule has 1 N–H and O–H groups in total. The van der Waals surface area contributed by atoms with Crippen LogP contribution >= 0.6 is 0 Å². The molecule has 0 fully saturated rings. The van der Waals surface area contributed by atoms with Gasteiger partial charge in [-0.2, -0.15) is 0 Å². The van der Waals surface area contributed by atoms with Crippen LogP contribution in [0.25, 0.3) is 21.7 Å². The van der Waals surface area contributed by atoms with Crippen LogP contribution in [0.15, 0.2) is 40.0 Å². The molecule has 80 valence electrons. The standard InChI is InChI=1S/C10H8N4O2/c11-14-12-8-3-1-7(2-4-8)10-5-9(6-15)16-13-10/h1-5,15H,6H2. The van der Waals surface area contributed by atoms with Crippen molar-refractivity contribution in [3.63, 3.8) is 0 Å². The van der Waals surface area contributed by atoms with Crippen LogP contribution in [-0.4, -0.2) is 10.3 Å². The number of aliphatic hydroxyl groups excluding tert-OH is 1. The molecule has 6 nitrogen and oxygen atoms in total. The van der Waals surface area contributed by atoms with E-state index in [9.17, 15) is 0 Å². The van der Waals surface area contributed by atoms with Crippen molar-refractivity contribution in [1.29, 1.82) is 0 Å². The topological polar surface area (TPSA) is 95.0 Å². The van der Waals surface area contributed by atoms with E-state index in [0.717, 1.165) is 5.56 Å². The number of hydrogen-bond acceptors (Lipinski definition) is 4. The molecule has 0 aliphatic carbocycles. The Kier molecular flexibility index (Phi) is 2.86. The first kappa shape index (κ1) is 10.2. The van der Waals surface area contributed by atoms with Gasteiger partial charge in [0, 0.05) is 22.2 Å². The first-order chi connectivity index (χ1) is 7.83. The zero-order chi connectivity index (χ0) is 11.4. The molecule has 6 heteroatoms. The second-order valence-electron chi connectivity index (χ2n) is 3.07. The Morgan fingerprint density at radius 1 is 1.38 bits per heavy atom. The summed E-state index contributed by atoms with van der Waals surface area (Å²) in [7, 11) is 0. The molecule has 0 bridgehead atoms. The van der Waals surface area contributed by atoms with Gasteiger partial charge in [-0.05, 0) is 5.53 Å². The molecule has 0 spiro atoms. The van der Waals surface area contributed by atoms with E-state index in [4.69, 9.17) is 15.2 Å². The molecule has 0 saturated carbocycles. The summed E-state index contributed by atoms with van der Waals surface area (Å²) in [6.07, 6.45) is 0. The molecule has 0 saturated heterocycles. The van der Waals surface area contributed by atoms with E-state index in [-0.39, 0.29) is 6.61 Å². The Morgan fingerprint density at radius 3 is 2.69 bits per heavy atom. The second kappa shape index (κ2) is 4.48.